The van der Waals surface area contributed by atoms with Crippen LogP contribution in [0.1, 0.15) is 32.6 Å². The molecule has 1 rings (SSSR count). The van der Waals surface area contributed by atoms with Crippen molar-refractivity contribution in [1.29, 1.82) is 0 Å². The highest BCUT2D eigenvalue weighted by Crippen LogP contribution is 2.06. The molecule has 0 atom stereocenters. The number of unbranched alkanes of at least 4 members (excludes halogenated alkanes) is 3. The van der Waals surface area contributed by atoms with Gasteiger partial charge in [-0.25, -0.2) is 0 Å². The van der Waals surface area contributed by atoms with Crippen LogP contribution in [-0.2, 0) is 14.6 Å². The van der Waals surface area contributed by atoms with Crippen molar-refractivity contribution in [2.24, 2.45) is 0 Å². The van der Waals surface area contributed by atoms with E-state index in [1.54, 1.807) is 0 Å². The topological polar surface area (TPSA) is 70.1 Å². The molecule has 0 fully saturated rings. The minimum Gasteiger partial charge on any atom is -0.362 e. The van der Waals surface area contributed by atoms with Crippen LogP contribution in [0.3, 0.4) is 0 Å². The van der Waals surface area contributed by atoms with Gasteiger partial charge in [0.1, 0.15) is 0 Å². The zero-order chi connectivity index (χ0) is 14.0. The highest BCUT2D eigenvalue weighted by atomic mass is 32.3. The van der Waals surface area contributed by atoms with Crippen molar-refractivity contribution in [2.45, 2.75) is 32.6 Å². The van der Waals surface area contributed by atoms with E-state index in [0.29, 0.717) is 0 Å². The summed E-state index contributed by atoms with van der Waals surface area (Å²) in [6, 6.07) is 0. The van der Waals surface area contributed by atoms with E-state index in [2.05, 4.69) is 40.4 Å². The Hall–Kier alpha value is -0.790. The van der Waals surface area contributed by atoms with Crippen LogP contribution in [0.2, 0.25) is 0 Å². The summed E-state index contributed by atoms with van der Waals surface area (Å²) in [6.07, 6.45) is 9.76. The van der Waals surface area contributed by atoms with Crippen LogP contribution < -0.4 is 0 Å². The van der Waals surface area contributed by atoms with Gasteiger partial charge in [0.05, 0.1) is 13.8 Å². The van der Waals surface area contributed by atoms with Gasteiger partial charge >= 0.3 is 10.4 Å². The zero-order valence-corrected chi connectivity index (χ0v) is 12.2. The van der Waals surface area contributed by atoms with Gasteiger partial charge in [0.15, 0.2) is 0 Å². The van der Waals surface area contributed by atoms with Crippen LogP contribution in [0.25, 0.3) is 0 Å². The summed E-state index contributed by atoms with van der Waals surface area (Å²) < 4.78 is 29.7. The molecular weight excluding hydrogens is 256 g/mol. The van der Waals surface area contributed by atoms with Gasteiger partial charge in [-0.1, -0.05) is 26.2 Å². The monoisotopic (exact) mass is 280 g/mol. The molecule has 0 amide bonds. The molecule has 1 aliphatic heterocycles. The van der Waals surface area contributed by atoms with Crippen molar-refractivity contribution < 1.29 is 17.2 Å². The molecular formula is C11H24N2O4S. The molecule has 7 heteroatoms. The lowest BCUT2D eigenvalue weighted by molar-refractivity contribution is 0.291. The second-order valence-corrected chi connectivity index (χ2v) is 5.35. The molecule has 0 radical (unpaired) electrons. The number of nitrogens with zero attached hydrogens (tertiary/aromatic N) is 2. The Balaban J connectivity index is 0.000000411. The summed E-state index contributed by atoms with van der Waals surface area (Å²) in [5.41, 5.74) is 0. The number of hydrogen-bond acceptors (Lipinski definition) is 5. The van der Waals surface area contributed by atoms with E-state index in [0.717, 1.165) is 13.8 Å². The molecule has 0 bridgehead atoms. The molecule has 0 aliphatic carbocycles. The van der Waals surface area contributed by atoms with Crippen LogP contribution >= 0.6 is 0 Å². The van der Waals surface area contributed by atoms with E-state index in [1.807, 2.05) is 0 Å². The average Bonchev–Trinajstić information content (AvgIpc) is 2.71. The maximum atomic E-state index is 9.33. The molecule has 1 heterocycles. The molecule has 0 saturated carbocycles. The minimum atomic E-state index is -4.16. The molecule has 18 heavy (non-hydrogen) atoms. The lowest BCUT2D eigenvalue weighted by Gasteiger charge is -2.17. The van der Waals surface area contributed by atoms with E-state index in [4.69, 9.17) is 4.55 Å². The van der Waals surface area contributed by atoms with Crippen molar-refractivity contribution in [3.05, 3.63) is 12.4 Å². The number of hydrogen-bond donors (Lipinski definition) is 1. The van der Waals surface area contributed by atoms with Gasteiger partial charge in [0.25, 0.3) is 0 Å². The first-order chi connectivity index (χ1) is 8.39. The third-order valence-electron chi connectivity index (χ3n) is 2.45. The van der Waals surface area contributed by atoms with Crippen LogP contribution in [0, 0.1) is 0 Å². The second-order valence-electron chi connectivity index (χ2n) is 4.16. The second kappa shape index (κ2) is 9.18. The van der Waals surface area contributed by atoms with Crippen LogP contribution in [-0.4, -0.2) is 50.1 Å². The molecule has 0 unspecified atom stereocenters. The summed E-state index contributed by atoms with van der Waals surface area (Å²) in [5, 5.41) is 0. The van der Waals surface area contributed by atoms with E-state index in [9.17, 15) is 8.42 Å². The molecule has 0 saturated heterocycles. The highest BCUT2D eigenvalue weighted by molar-refractivity contribution is 7.80. The Morgan fingerprint density at radius 2 is 1.89 bits per heavy atom. The van der Waals surface area contributed by atoms with Crippen LogP contribution in [0.15, 0.2) is 12.4 Å². The molecule has 0 spiro atoms. The van der Waals surface area contributed by atoms with Gasteiger partial charge in [-0.2, -0.15) is 8.42 Å². The van der Waals surface area contributed by atoms with Gasteiger partial charge in [0.2, 0.25) is 0 Å². The average molecular weight is 280 g/mol. The molecule has 0 aromatic rings. The van der Waals surface area contributed by atoms with Crippen LogP contribution in [0.5, 0.6) is 0 Å². The molecule has 0 aromatic heterocycles. The smallest absolute Gasteiger partial charge is 0.362 e. The summed E-state index contributed by atoms with van der Waals surface area (Å²) >= 11 is 0. The molecule has 108 valence electrons. The summed E-state index contributed by atoms with van der Waals surface area (Å²) in [6.45, 7) is 4.55. The first kappa shape index (κ1) is 17.2. The van der Waals surface area contributed by atoms with Gasteiger partial charge in [-0.15, -0.1) is 0 Å². The standard InChI is InChI=1S/C10H20N2.CH4O4S/c1-3-4-5-6-7-12-9-8-11(2)10-12;1-5-6(2,3)4/h8-9H,3-7,10H2,1-2H3;1H3,(H,2,3,4). The zero-order valence-electron chi connectivity index (χ0n) is 11.4. The first-order valence-corrected chi connectivity index (χ1v) is 7.41. The predicted molar refractivity (Wildman–Crippen MR) is 71.2 cm³/mol. The molecule has 6 nitrogen and oxygen atoms in total. The Labute approximate surface area is 110 Å². The van der Waals surface area contributed by atoms with E-state index in [-0.39, 0.29) is 0 Å². The van der Waals surface area contributed by atoms with Crippen molar-refractivity contribution in [2.75, 3.05) is 27.4 Å². The number of rotatable bonds is 6. The van der Waals surface area contributed by atoms with E-state index >= 15 is 0 Å². The van der Waals surface area contributed by atoms with Gasteiger partial charge < -0.3 is 9.80 Å². The van der Waals surface area contributed by atoms with Gasteiger partial charge in [-0.3, -0.25) is 8.74 Å². The minimum absolute atomic E-state index is 0.870. The van der Waals surface area contributed by atoms with Gasteiger partial charge in [-0.05, 0) is 6.42 Å². The molecule has 1 aliphatic rings. The lowest BCUT2D eigenvalue weighted by atomic mass is 10.2. The van der Waals surface area contributed by atoms with E-state index < -0.39 is 10.4 Å². The largest absolute Gasteiger partial charge is 0.397 e. The normalized spacial score (nSPS) is 14.7. The summed E-state index contributed by atoms with van der Waals surface area (Å²) in [7, 11) is -1.18. The maximum absolute atomic E-state index is 9.33. The summed E-state index contributed by atoms with van der Waals surface area (Å²) in [5.74, 6) is 0. The third kappa shape index (κ3) is 10.4. The first-order valence-electron chi connectivity index (χ1n) is 6.04. The Bertz CT molecular complexity index is 330. The predicted octanol–water partition coefficient (Wildman–Crippen LogP) is 1.68. The summed E-state index contributed by atoms with van der Waals surface area (Å²) in [4.78, 5) is 4.58. The fourth-order valence-corrected chi connectivity index (χ4v) is 1.48. The molecule has 1 N–H and O–H groups in total. The Morgan fingerprint density at radius 3 is 2.28 bits per heavy atom. The fourth-order valence-electron chi connectivity index (χ4n) is 1.48. The third-order valence-corrected chi connectivity index (χ3v) is 2.87. The SMILES string of the molecule is CCCCCCN1C=CN(C)C1.COS(=O)(=O)O. The lowest BCUT2D eigenvalue weighted by Crippen LogP contribution is -2.23. The van der Waals surface area contributed by atoms with Crippen molar-refractivity contribution in [3.8, 4) is 0 Å². The highest BCUT2D eigenvalue weighted by Gasteiger charge is 2.06. The van der Waals surface area contributed by atoms with E-state index in [1.165, 1.54) is 32.2 Å². The van der Waals surface area contributed by atoms with Gasteiger partial charge in [0, 0.05) is 26.0 Å². The Morgan fingerprint density at radius 1 is 1.28 bits per heavy atom. The maximum Gasteiger partial charge on any atom is 0.397 e. The van der Waals surface area contributed by atoms with Crippen LogP contribution in [0.4, 0.5) is 0 Å². The Kier molecular flexibility index (Phi) is 8.78. The fraction of sp³-hybridized carbons (Fsp3) is 0.818. The van der Waals surface area contributed by atoms with Crippen molar-refractivity contribution in [3.63, 3.8) is 0 Å². The van der Waals surface area contributed by atoms with Crippen molar-refractivity contribution >= 4 is 10.4 Å². The quantitative estimate of drug-likeness (QED) is 0.589. The molecule has 0 aromatic carbocycles. The van der Waals surface area contributed by atoms with Crippen molar-refractivity contribution in [1.82, 2.24) is 9.80 Å².